The van der Waals surface area contributed by atoms with Crippen molar-refractivity contribution in [2.24, 2.45) is 5.10 Å². The third kappa shape index (κ3) is 6.78. The highest BCUT2D eigenvalue weighted by molar-refractivity contribution is 9.10. The van der Waals surface area contributed by atoms with Crippen LogP contribution in [0, 0.1) is 0 Å². The van der Waals surface area contributed by atoms with Gasteiger partial charge in [-0.1, -0.05) is 6.92 Å². The van der Waals surface area contributed by atoms with E-state index in [0.717, 1.165) is 0 Å². The monoisotopic (exact) mass is 399 g/mol. The van der Waals surface area contributed by atoms with Gasteiger partial charge in [0.25, 0.3) is 0 Å². The van der Waals surface area contributed by atoms with Gasteiger partial charge in [0.15, 0.2) is 6.61 Å². The van der Waals surface area contributed by atoms with E-state index in [1.807, 2.05) is 6.92 Å². The number of hydrogen-bond donors (Lipinski definition) is 3. The van der Waals surface area contributed by atoms with Crippen LogP contribution in [0.1, 0.15) is 25.8 Å². The molecule has 130 valence electrons. The molecule has 0 bridgehead atoms. The van der Waals surface area contributed by atoms with E-state index in [1.165, 1.54) is 6.21 Å². The Kier molecular flexibility index (Phi) is 7.90. The van der Waals surface area contributed by atoms with Crippen LogP contribution in [0.2, 0.25) is 0 Å². The van der Waals surface area contributed by atoms with Gasteiger partial charge in [0.2, 0.25) is 0 Å². The fourth-order valence-electron chi connectivity index (χ4n) is 1.46. The summed E-state index contributed by atoms with van der Waals surface area (Å²) < 4.78 is 5.60. The summed E-state index contributed by atoms with van der Waals surface area (Å²) >= 11 is 3.25. The van der Waals surface area contributed by atoms with Gasteiger partial charge in [-0.3, -0.25) is 9.59 Å². The molecule has 0 unspecified atom stereocenters. The van der Waals surface area contributed by atoms with Gasteiger partial charge in [0.1, 0.15) is 5.75 Å². The molecule has 1 aromatic carbocycles. The molecule has 9 heteroatoms. The Hall–Kier alpha value is -2.42. The van der Waals surface area contributed by atoms with Crippen LogP contribution in [0.4, 0.5) is 0 Å². The second-order valence-corrected chi connectivity index (χ2v) is 5.71. The second kappa shape index (κ2) is 9.66. The minimum absolute atomic E-state index is 0.0958. The maximum atomic E-state index is 11.5. The normalized spacial score (nSPS) is 11.8. The molecule has 0 saturated heterocycles. The van der Waals surface area contributed by atoms with Gasteiger partial charge in [-0.05, 0) is 53.0 Å². The van der Waals surface area contributed by atoms with Gasteiger partial charge in [-0.2, -0.15) is 5.10 Å². The Morgan fingerprint density at radius 2 is 2.08 bits per heavy atom. The van der Waals surface area contributed by atoms with Gasteiger partial charge in [0.05, 0.1) is 10.7 Å². The number of aliphatic carboxylic acids is 1. The van der Waals surface area contributed by atoms with E-state index in [4.69, 9.17) is 9.84 Å². The van der Waals surface area contributed by atoms with Crippen LogP contribution < -0.4 is 15.5 Å². The zero-order chi connectivity index (χ0) is 18.1. The summed E-state index contributed by atoms with van der Waals surface area (Å²) in [5.74, 6) is -2.32. The number of halogens is 1. The number of benzene rings is 1. The molecule has 0 aromatic heterocycles. The third-order valence-corrected chi connectivity index (χ3v) is 3.50. The van der Waals surface area contributed by atoms with E-state index < -0.39 is 24.4 Å². The Bertz CT molecular complexity index is 648. The second-order valence-electron chi connectivity index (χ2n) is 4.85. The number of hydrogen-bond acceptors (Lipinski definition) is 5. The van der Waals surface area contributed by atoms with E-state index in [2.05, 4.69) is 31.8 Å². The number of amides is 2. The quantitative estimate of drug-likeness (QED) is 0.362. The maximum absolute atomic E-state index is 11.5. The summed E-state index contributed by atoms with van der Waals surface area (Å²) in [5.41, 5.74) is 2.75. The first-order chi connectivity index (χ1) is 11.3. The molecular formula is C15H18BrN3O5. The van der Waals surface area contributed by atoms with Gasteiger partial charge < -0.3 is 15.2 Å². The summed E-state index contributed by atoms with van der Waals surface area (Å²) in [6.45, 7) is 3.23. The topological polar surface area (TPSA) is 117 Å². The van der Waals surface area contributed by atoms with Crippen LogP contribution in [-0.4, -0.2) is 41.8 Å². The fourth-order valence-corrected chi connectivity index (χ4v) is 1.97. The van der Waals surface area contributed by atoms with Crippen LogP contribution in [-0.2, 0) is 14.4 Å². The molecule has 8 nitrogen and oxygen atoms in total. The first-order valence-corrected chi connectivity index (χ1v) is 7.90. The van der Waals surface area contributed by atoms with Crippen LogP contribution in [0.15, 0.2) is 27.8 Å². The van der Waals surface area contributed by atoms with E-state index in [9.17, 15) is 14.4 Å². The molecule has 24 heavy (non-hydrogen) atoms. The number of nitrogens with one attached hydrogen (secondary N) is 2. The number of carboxylic acids is 1. The van der Waals surface area contributed by atoms with Crippen LogP contribution in [0.25, 0.3) is 0 Å². The van der Waals surface area contributed by atoms with E-state index >= 15 is 0 Å². The van der Waals surface area contributed by atoms with E-state index in [0.29, 0.717) is 22.2 Å². The summed E-state index contributed by atoms with van der Waals surface area (Å²) in [6.07, 6.45) is 2.06. The minimum atomic E-state index is -1.08. The van der Waals surface area contributed by atoms with Crippen LogP contribution >= 0.6 is 15.9 Å². The Morgan fingerprint density at radius 1 is 1.38 bits per heavy atom. The van der Waals surface area contributed by atoms with Crippen LogP contribution in [0.5, 0.6) is 5.75 Å². The number of rotatable bonds is 7. The number of ether oxygens (including phenoxy) is 1. The molecule has 2 amide bonds. The van der Waals surface area contributed by atoms with Crippen molar-refractivity contribution < 1.29 is 24.2 Å². The molecule has 0 saturated carbocycles. The predicted octanol–water partition coefficient (Wildman–Crippen LogP) is 1.28. The van der Waals surface area contributed by atoms with Crippen LogP contribution in [0.3, 0.4) is 0 Å². The average molecular weight is 400 g/mol. The number of carbonyl (C=O) groups excluding carboxylic acids is 2. The van der Waals surface area contributed by atoms with Crippen molar-refractivity contribution in [3.8, 4) is 5.75 Å². The van der Waals surface area contributed by atoms with E-state index in [1.54, 1.807) is 25.1 Å². The molecule has 1 rings (SSSR count). The lowest BCUT2D eigenvalue weighted by atomic mass is 10.2. The van der Waals surface area contributed by atoms with Crippen molar-refractivity contribution in [1.82, 2.24) is 10.7 Å². The molecule has 0 aliphatic carbocycles. The Labute approximate surface area is 147 Å². The zero-order valence-electron chi connectivity index (χ0n) is 13.2. The first kappa shape index (κ1) is 19.6. The molecule has 0 fully saturated rings. The lowest BCUT2D eigenvalue weighted by Gasteiger charge is -2.09. The molecule has 3 N–H and O–H groups in total. The minimum Gasteiger partial charge on any atom is -0.481 e. The summed E-state index contributed by atoms with van der Waals surface area (Å²) in [4.78, 5) is 33.5. The first-order valence-electron chi connectivity index (χ1n) is 7.11. The van der Waals surface area contributed by atoms with Crippen molar-refractivity contribution in [3.05, 3.63) is 28.2 Å². The molecule has 0 heterocycles. The predicted molar refractivity (Wildman–Crippen MR) is 90.9 cm³/mol. The summed E-state index contributed by atoms with van der Waals surface area (Å²) in [6, 6.07) is 4.72. The molecule has 0 radical (unpaired) electrons. The van der Waals surface area contributed by atoms with Gasteiger partial charge >= 0.3 is 17.8 Å². The molecule has 0 aliphatic rings. The highest BCUT2D eigenvalue weighted by Gasteiger charge is 2.14. The number of carboxylic acid groups (broad SMARTS) is 1. The Balaban J connectivity index is 2.58. The lowest BCUT2D eigenvalue weighted by Crippen LogP contribution is -2.41. The number of carbonyl (C=O) groups is 3. The highest BCUT2D eigenvalue weighted by atomic mass is 79.9. The number of hydrazone groups is 1. The van der Waals surface area contributed by atoms with Gasteiger partial charge in [-0.15, -0.1) is 0 Å². The highest BCUT2D eigenvalue weighted by Crippen LogP contribution is 2.25. The van der Waals surface area contributed by atoms with Gasteiger partial charge in [-0.25, -0.2) is 10.2 Å². The smallest absolute Gasteiger partial charge is 0.341 e. The zero-order valence-corrected chi connectivity index (χ0v) is 14.8. The third-order valence-electron chi connectivity index (χ3n) is 2.88. The molecule has 1 aromatic rings. The molecular weight excluding hydrogens is 382 g/mol. The van der Waals surface area contributed by atoms with E-state index in [-0.39, 0.29) is 6.04 Å². The Morgan fingerprint density at radius 3 is 2.67 bits per heavy atom. The summed E-state index contributed by atoms with van der Waals surface area (Å²) in [5, 5.41) is 14.8. The molecule has 0 aliphatic heterocycles. The summed E-state index contributed by atoms with van der Waals surface area (Å²) in [7, 11) is 0. The maximum Gasteiger partial charge on any atom is 0.341 e. The number of nitrogens with zero attached hydrogens (tertiary/aromatic N) is 1. The SMILES string of the molecule is CC[C@@H](C)NC(=O)C(=O)N/N=C\c1ccc(OCC(=O)O)c(Br)c1. The largest absolute Gasteiger partial charge is 0.481 e. The van der Waals surface area contributed by atoms with Crippen molar-refractivity contribution in [1.29, 1.82) is 0 Å². The van der Waals surface area contributed by atoms with Crippen molar-refractivity contribution >= 4 is 39.9 Å². The molecule has 1 atom stereocenters. The average Bonchev–Trinajstić information content (AvgIpc) is 2.53. The van der Waals surface area contributed by atoms with Crippen molar-refractivity contribution in [2.75, 3.05) is 6.61 Å². The van der Waals surface area contributed by atoms with Gasteiger partial charge in [0, 0.05) is 6.04 Å². The lowest BCUT2D eigenvalue weighted by molar-refractivity contribution is -0.139. The molecule has 0 spiro atoms. The fraction of sp³-hybridized carbons (Fsp3) is 0.333. The van der Waals surface area contributed by atoms with Crippen molar-refractivity contribution in [3.63, 3.8) is 0 Å². The van der Waals surface area contributed by atoms with Crippen molar-refractivity contribution in [2.45, 2.75) is 26.3 Å². The standard InChI is InChI=1S/C15H18BrN3O5/c1-3-9(2)18-14(22)15(23)19-17-7-10-4-5-12(11(16)6-10)24-8-13(20)21/h4-7,9H,3,8H2,1-2H3,(H,18,22)(H,19,23)(H,20,21)/b17-7-/t9-/m1/s1.